The normalized spacial score (nSPS) is 21.1. The van der Waals surface area contributed by atoms with Crippen LogP contribution in [-0.4, -0.2) is 46.2 Å². The molecule has 2 aliphatic rings. The third kappa shape index (κ3) is 3.23. The predicted octanol–water partition coefficient (Wildman–Crippen LogP) is 1.81. The molecule has 114 valence electrons. The van der Waals surface area contributed by atoms with Crippen LogP contribution in [0.1, 0.15) is 55.6 Å². The van der Waals surface area contributed by atoms with Crippen molar-refractivity contribution in [1.82, 2.24) is 20.4 Å². The fourth-order valence-electron chi connectivity index (χ4n) is 2.82. The molecule has 0 aromatic carbocycles. The van der Waals surface area contributed by atoms with E-state index >= 15 is 0 Å². The molecular formula is C16H24N4O. The minimum absolute atomic E-state index is 0.0968. The van der Waals surface area contributed by atoms with Crippen molar-refractivity contribution in [1.29, 1.82) is 0 Å². The molecule has 2 fully saturated rings. The first-order valence-electron chi connectivity index (χ1n) is 7.92. The number of hydrogen-bond donors (Lipinski definition) is 1. The topological polar surface area (TPSA) is 58.1 Å². The van der Waals surface area contributed by atoms with Crippen LogP contribution < -0.4 is 5.32 Å². The fraction of sp³-hybridized carbons (Fsp3) is 0.688. The SMILES string of the molecule is CC(NC(=O)c1cc(C2CC2)cnn1)C1CN(C(C)C)C1. The first kappa shape index (κ1) is 14.4. The number of amides is 1. The highest BCUT2D eigenvalue weighted by atomic mass is 16.2. The van der Waals surface area contributed by atoms with Crippen LogP contribution in [0, 0.1) is 5.92 Å². The summed E-state index contributed by atoms with van der Waals surface area (Å²) < 4.78 is 0. The molecule has 0 spiro atoms. The summed E-state index contributed by atoms with van der Waals surface area (Å²) in [6.45, 7) is 8.62. The van der Waals surface area contributed by atoms with Gasteiger partial charge in [0.2, 0.25) is 0 Å². The number of rotatable bonds is 5. The van der Waals surface area contributed by atoms with E-state index in [-0.39, 0.29) is 11.9 Å². The lowest BCUT2D eigenvalue weighted by Gasteiger charge is -2.44. The van der Waals surface area contributed by atoms with Gasteiger partial charge in [0, 0.05) is 31.1 Å². The maximum atomic E-state index is 12.3. The number of carbonyl (C=O) groups excluding carboxylic acids is 1. The van der Waals surface area contributed by atoms with Gasteiger partial charge in [-0.05, 0) is 51.2 Å². The molecule has 1 aliphatic heterocycles. The zero-order valence-corrected chi connectivity index (χ0v) is 13.0. The molecule has 1 amide bonds. The summed E-state index contributed by atoms with van der Waals surface area (Å²) in [5.41, 5.74) is 1.60. The Kier molecular flexibility index (Phi) is 3.93. The molecule has 0 radical (unpaired) electrons. The van der Waals surface area contributed by atoms with Crippen molar-refractivity contribution in [2.45, 2.75) is 51.6 Å². The van der Waals surface area contributed by atoms with E-state index in [9.17, 15) is 4.79 Å². The zero-order valence-electron chi connectivity index (χ0n) is 13.0. The van der Waals surface area contributed by atoms with Gasteiger partial charge in [-0.25, -0.2) is 0 Å². The molecule has 1 aromatic heterocycles. The van der Waals surface area contributed by atoms with Gasteiger partial charge in [0.05, 0.1) is 6.20 Å². The Bertz CT molecular complexity index is 521. The Morgan fingerprint density at radius 1 is 1.33 bits per heavy atom. The van der Waals surface area contributed by atoms with Gasteiger partial charge in [-0.1, -0.05) is 0 Å². The number of carbonyl (C=O) groups is 1. The molecule has 1 saturated carbocycles. The van der Waals surface area contributed by atoms with Crippen molar-refractivity contribution in [2.24, 2.45) is 5.92 Å². The molecule has 2 heterocycles. The van der Waals surface area contributed by atoms with Gasteiger partial charge in [0.1, 0.15) is 0 Å². The Morgan fingerprint density at radius 2 is 2.05 bits per heavy atom. The van der Waals surface area contributed by atoms with Gasteiger partial charge < -0.3 is 10.2 Å². The highest BCUT2D eigenvalue weighted by Crippen LogP contribution is 2.39. The molecule has 1 atom stereocenters. The van der Waals surface area contributed by atoms with Crippen LogP contribution in [0.5, 0.6) is 0 Å². The van der Waals surface area contributed by atoms with Gasteiger partial charge in [-0.3, -0.25) is 4.79 Å². The van der Waals surface area contributed by atoms with Crippen molar-refractivity contribution in [2.75, 3.05) is 13.1 Å². The summed E-state index contributed by atoms with van der Waals surface area (Å²) in [6.07, 6.45) is 4.19. The maximum Gasteiger partial charge on any atom is 0.272 e. The highest BCUT2D eigenvalue weighted by Gasteiger charge is 2.33. The molecule has 5 heteroatoms. The van der Waals surface area contributed by atoms with Gasteiger partial charge in [-0.2, -0.15) is 5.10 Å². The molecule has 0 bridgehead atoms. The quantitative estimate of drug-likeness (QED) is 0.898. The molecule has 1 N–H and O–H groups in total. The summed E-state index contributed by atoms with van der Waals surface area (Å²) >= 11 is 0. The molecule has 21 heavy (non-hydrogen) atoms. The Balaban J connectivity index is 1.55. The van der Waals surface area contributed by atoms with Crippen molar-refractivity contribution in [3.8, 4) is 0 Å². The smallest absolute Gasteiger partial charge is 0.272 e. The summed E-state index contributed by atoms with van der Waals surface area (Å²) in [5, 5.41) is 11.0. The van der Waals surface area contributed by atoms with E-state index in [0.717, 1.165) is 18.7 Å². The number of nitrogens with one attached hydrogen (secondary N) is 1. The van der Waals surface area contributed by atoms with Crippen LogP contribution in [0.2, 0.25) is 0 Å². The van der Waals surface area contributed by atoms with Crippen LogP contribution in [0.3, 0.4) is 0 Å². The van der Waals surface area contributed by atoms with E-state index < -0.39 is 0 Å². The van der Waals surface area contributed by atoms with E-state index in [0.29, 0.717) is 23.6 Å². The lowest BCUT2D eigenvalue weighted by atomic mass is 9.91. The largest absolute Gasteiger partial charge is 0.348 e. The van der Waals surface area contributed by atoms with Gasteiger partial charge in [0.15, 0.2) is 5.69 Å². The van der Waals surface area contributed by atoms with Crippen LogP contribution in [0.4, 0.5) is 0 Å². The molecule has 3 rings (SSSR count). The van der Waals surface area contributed by atoms with E-state index in [4.69, 9.17) is 0 Å². The van der Waals surface area contributed by atoms with Crippen molar-refractivity contribution in [3.63, 3.8) is 0 Å². The Morgan fingerprint density at radius 3 is 2.67 bits per heavy atom. The van der Waals surface area contributed by atoms with Gasteiger partial charge in [-0.15, -0.1) is 5.10 Å². The Labute approximate surface area is 126 Å². The average Bonchev–Trinajstić information content (AvgIpc) is 3.20. The van der Waals surface area contributed by atoms with Crippen LogP contribution in [-0.2, 0) is 0 Å². The molecule has 1 saturated heterocycles. The van der Waals surface area contributed by atoms with Crippen LogP contribution in [0.25, 0.3) is 0 Å². The van der Waals surface area contributed by atoms with Crippen molar-refractivity contribution < 1.29 is 4.79 Å². The van der Waals surface area contributed by atoms with Gasteiger partial charge >= 0.3 is 0 Å². The van der Waals surface area contributed by atoms with Crippen molar-refractivity contribution >= 4 is 5.91 Å². The summed E-state index contributed by atoms with van der Waals surface area (Å²) in [6, 6.07) is 2.66. The monoisotopic (exact) mass is 288 g/mol. The second-order valence-corrected chi connectivity index (χ2v) is 6.72. The summed E-state index contributed by atoms with van der Waals surface area (Å²) in [5.74, 6) is 1.03. The van der Waals surface area contributed by atoms with Crippen LogP contribution in [0.15, 0.2) is 12.3 Å². The Hall–Kier alpha value is -1.49. The fourth-order valence-corrected chi connectivity index (χ4v) is 2.82. The van der Waals surface area contributed by atoms with E-state index in [1.54, 1.807) is 6.20 Å². The minimum atomic E-state index is -0.0968. The van der Waals surface area contributed by atoms with Crippen molar-refractivity contribution in [3.05, 3.63) is 23.5 Å². The summed E-state index contributed by atoms with van der Waals surface area (Å²) in [4.78, 5) is 14.7. The minimum Gasteiger partial charge on any atom is -0.348 e. The van der Waals surface area contributed by atoms with E-state index in [1.165, 1.54) is 12.8 Å². The number of hydrogen-bond acceptors (Lipinski definition) is 4. The number of nitrogens with zero attached hydrogens (tertiary/aromatic N) is 3. The maximum absolute atomic E-state index is 12.3. The van der Waals surface area contributed by atoms with E-state index in [2.05, 4.69) is 41.2 Å². The van der Waals surface area contributed by atoms with Crippen LogP contribution >= 0.6 is 0 Å². The predicted molar refractivity (Wildman–Crippen MR) is 81.1 cm³/mol. The van der Waals surface area contributed by atoms with Gasteiger partial charge in [0.25, 0.3) is 5.91 Å². The first-order chi connectivity index (χ1) is 10.0. The number of aromatic nitrogens is 2. The molecule has 5 nitrogen and oxygen atoms in total. The number of likely N-dealkylation sites (tertiary alicyclic amines) is 1. The lowest BCUT2D eigenvalue weighted by molar-refractivity contribution is 0.0454. The average molecular weight is 288 g/mol. The zero-order chi connectivity index (χ0) is 15.0. The standard InChI is InChI=1S/C16H24N4O/c1-10(2)20-8-14(9-20)11(3)18-16(21)15-6-13(7-17-19-15)12-4-5-12/h6-7,10-12,14H,4-5,8-9H2,1-3H3,(H,18,21). The molecule has 1 unspecified atom stereocenters. The summed E-state index contributed by atoms with van der Waals surface area (Å²) in [7, 11) is 0. The highest BCUT2D eigenvalue weighted by molar-refractivity contribution is 5.92. The molecule has 1 aliphatic carbocycles. The second-order valence-electron chi connectivity index (χ2n) is 6.72. The second kappa shape index (κ2) is 5.72. The molecular weight excluding hydrogens is 264 g/mol. The molecule has 1 aromatic rings. The third-order valence-electron chi connectivity index (χ3n) is 4.69. The first-order valence-corrected chi connectivity index (χ1v) is 7.92. The lowest BCUT2D eigenvalue weighted by Crippen LogP contribution is -2.57. The van der Waals surface area contributed by atoms with E-state index in [1.807, 2.05) is 6.07 Å². The third-order valence-corrected chi connectivity index (χ3v) is 4.69.